The maximum Gasteiger partial charge on any atom is 0.412 e. The van der Waals surface area contributed by atoms with E-state index >= 15 is 0 Å². The predicted octanol–water partition coefficient (Wildman–Crippen LogP) is 2.30. The molecular weight excluding hydrogens is 348 g/mol. The lowest BCUT2D eigenvalue weighted by molar-refractivity contribution is -0.147. The Labute approximate surface area is 160 Å². The Balaban J connectivity index is 1.68. The van der Waals surface area contributed by atoms with Gasteiger partial charge in [0.05, 0.1) is 18.8 Å². The number of anilines is 1. The Bertz CT molecular complexity index is 626. The van der Waals surface area contributed by atoms with Crippen LogP contribution in [-0.4, -0.2) is 72.2 Å². The summed E-state index contributed by atoms with van der Waals surface area (Å²) in [6.45, 7) is 8.64. The van der Waals surface area contributed by atoms with Gasteiger partial charge in [-0.3, -0.25) is 4.90 Å². The van der Waals surface area contributed by atoms with Crippen LogP contribution in [-0.2, 0) is 14.2 Å². The summed E-state index contributed by atoms with van der Waals surface area (Å²) in [6, 6.07) is 1.81. The molecule has 1 aromatic rings. The van der Waals surface area contributed by atoms with E-state index in [1.54, 1.807) is 24.4 Å². The highest BCUT2D eigenvalue weighted by atomic mass is 16.6. The zero-order chi connectivity index (χ0) is 19.5. The van der Waals surface area contributed by atoms with Gasteiger partial charge in [-0.2, -0.15) is 0 Å². The molecule has 8 nitrogen and oxygen atoms in total. The molecular formula is C19H30N4O4. The molecule has 2 unspecified atom stereocenters. The van der Waals surface area contributed by atoms with Crippen LogP contribution < -0.4 is 4.90 Å². The predicted molar refractivity (Wildman–Crippen MR) is 100 cm³/mol. The van der Waals surface area contributed by atoms with Crippen LogP contribution in [0, 0.1) is 5.92 Å². The minimum absolute atomic E-state index is 0.234. The molecule has 0 aliphatic carbocycles. The van der Waals surface area contributed by atoms with Crippen LogP contribution in [0.3, 0.4) is 0 Å². The number of hydrogen-bond donors (Lipinski definition) is 0. The van der Waals surface area contributed by atoms with Crippen LogP contribution >= 0.6 is 0 Å². The van der Waals surface area contributed by atoms with E-state index in [-0.39, 0.29) is 18.4 Å². The van der Waals surface area contributed by atoms with Crippen molar-refractivity contribution in [3.8, 4) is 0 Å². The van der Waals surface area contributed by atoms with Crippen LogP contribution in [0.15, 0.2) is 18.5 Å². The number of hydrogen-bond acceptors (Lipinski definition) is 7. The van der Waals surface area contributed by atoms with Gasteiger partial charge in [0.15, 0.2) is 0 Å². The number of carbonyl (C=O) groups is 1. The summed E-state index contributed by atoms with van der Waals surface area (Å²) in [5, 5.41) is 0. The van der Waals surface area contributed by atoms with E-state index in [0.717, 1.165) is 19.4 Å². The van der Waals surface area contributed by atoms with Crippen molar-refractivity contribution in [2.24, 2.45) is 5.92 Å². The summed E-state index contributed by atoms with van der Waals surface area (Å²) < 4.78 is 17.1. The van der Waals surface area contributed by atoms with Crippen molar-refractivity contribution in [3.63, 3.8) is 0 Å². The SMILES string of the molecule is COCC1CN(c2ncccn2)CC2(CCN(C(=O)OC(C)(C)C)CO2)C1. The number of nitrogens with zero attached hydrogens (tertiary/aromatic N) is 4. The molecule has 1 amide bonds. The molecule has 2 aliphatic heterocycles. The summed E-state index contributed by atoms with van der Waals surface area (Å²) in [5.74, 6) is 1.02. The molecule has 0 bridgehead atoms. The highest BCUT2D eigenvalue weighted by Gasteiger charge is 2.45. The highest BCUT2D eigenvalue weighted by Crippen LogP contribution is 2.36. The van der Waals surface area contributed by atoms with Crippen LogP contribution in [0.2, 0.25) is 0 Å². The van der Waals surface area contributed by atoms with Crippen LogP contribution in [0.4, 0.5) is 10.7 Å². The number of methoxy groups -OCH3 is 1. The van der Waals surface area contributed by atoms with Crippen LogP contribution in [0.1, 0.15) is 33.6 Å². The lowest BCUT2D eigenvalue weighted by Gasteiger charge is -2.49. The quantitative estimate of drug-likeness (QED) is 0.799. The second-order valence-corrected chi connectivity index (χ2v) is 8.41. The molecule has 0 saturated carbocycles. The van der Waals surface area contributed by atoms with Gasteiger partial charge in [0.2, 0.25) is 5.95 Å². The van der Waals surface area contributed by atoms with Crippen molar-refractivity contribution in [2.45, 2.75) is 44.8 Å². The number of carbonyl (C=O) groups excluding carboxylic acids is 1. The lowest BCUT2D eigenvalue weighted by atomic mass is 9.82. The smallest absolute Gasteiger partial charge is 0.412 e. The third-order valence-corrected chi connectivity index (χ3v) is 4.87. The summed E-state index contributed by atoms with van der Waals surface area (Å²) in [4.78, 5) is 24.9. The molecule has 0 N–H and O–H groups in total. The Morgan fingerprint density at radius 3 is 2.70 bits per heavy atom. The van der Waals surface area contributed by atoms with Gasteiger partial charge < -0.3 is 19.1 Å². The average molecular weight is 378 g/mol. The first-order valence-corrected chi connectivity index (χ1v) is 9.43. The second kappa shape index (κ2) is 7.98. The van der Waals surface area contributed by atoms with Crippen molar-refractivity contribution in [2.75, 3.05) is 45.0 Å². The molecule has 2 aliphatic rings. The highest BCUT2D eigenvalue weighted by molar-refractivity contribution is 5.68. The lowest BCUT2D eigenvalue weighted by Crippen LogP contribution is -2.59. The number of piperidine rings is 1. The van der Waals surface area contributed by atoms with Gasteiger partial charge in [0.1, 0.15) is 12.3 Å². The zero-order valence-corrected chi connectivity index (χ0v) is 16.7. The summed E-state index contributed by atoms with van der Waals surface area (Å²) in [5.41, 5.74) is -0.846. The number of rotatable bonds is 3. The Kier molecular flexibility index (Phi) is 5.86. The van der Waals surface area contributed by atoms with Crippen molar-refractivity contribution in [1.29, 1.82) is 0 Å². The van der Waals surface area contributed by atoms with Gasteiger partial charge >= 0.3 is 6.09 Å². The third-order valence-electron chi connectivity index (χ3n) is 4.87. The molecule has 2 saturated heterocycles. The third kappa shape index (κ3) is 5.07. The van der Waals surface area contributed by atoms with Crippen molar-refractivity contribution >= 4 is 12.0 Å². The fourth-order valence-corrected chi connectivity index (χ4v) is 3.78. The fraction of sp³-hybridized carbons (Fsp3) is 0.737. The van der Waals surface area contributed by atoms with Crippen LogP contribution in [0.25, 0.3) is 0 Å². The number of ether oxygens (including phenoxy) is 3. The minimum atomic E-state index is -0.512. The molecule has 1 aromatic heterocycles. The molecule has 2 fully saturated rings. The largest absolute Gasteiger partial charge is 0.444 e. The van der Waals surface area contributed by atoms with E-state index in [1.165, 1.54) is 0 Å². The van der Waals surface area contributed by atoms with Crippen molar-refractivity contribution < 1.29 is 19.0 Å². The molecule has 1 spiro atoms. The van der Waals surface area contributed by atoms with E-state index in [1.807, 2.05) is 26.8 Å². The molecule has 0 aromatic carbocycles. The summed E-state index contributed by atoms with van der Waals surface area (Å²) >= 11 is 0. The van der Waals surface area contributed by atoms with E-state index in [2.05, 4.69) is 14.9 Å². The summed E-state index contributed by atoms with van der Waals surface area (Å²) in [6.07, 6.45) is 4.81. The molecule has 27 heavy (non-hydrogen) atoms. The van der Waals surface area contributed by atoms with Gasteiger partial charge in [-0.05, 0) is 39.7 Å². The monoisotopic (exact) mass is 378 g/mol. The maximum absolute atomic E-state index is 12.3. The molecule has 2 atom stereocenters. The van der Waals surface area contributed by atoms with Crippen LogP contribution in [0.5, 0.6) is 0 Å². The first-order valence-electron chi connectivity index (χ1n) is 9.43. The first kappa shape index (κ1) is 19.8. The van der Waals surface area contributed by atoms with Gasteiger partial charge in [0, 0.05) is 38.5 Å². The van der Waals surface area contributed by atoms with Crippen molar-refractivity contribution in [1.82, 2.24) is 14.9 Å². The molecule has 3 heterocycles. The Morgan fingerprint density at radius 1 is 1.37 bits per heavy atom. The molecule has 3 rings (SSSR count). The number of amides is 1. The Hall–Kier alpha value is -1.93. The van der Waals surface area contributed by atoms with Gasteiger partial charge in [-0.15, -0.1) is 0 Å². The van der Waals surface area contributed by atoms with E-state index in [4.69, 9.17) is 14.2 Å². The van der Waals surface area contributed by atoms with E-state index in [9.17, 15) is 4.79 Å². The number of aromatic nitrogens is 2. The standard InChI is InChI=1S/C19H30N4O4/c1-18(2,3)27-17(24)22-9-6-19(26-14-22)10-15(12-25-4)11-23(13-19)16-20-7-5-8-21-16/h5,7-8,15H,6,9-14H2,1-4H3. The van der Waals surface area contributed by atoms with E-state index in [0.29, 0.717) is 31.6 Å². The van der Waals surface area contributed by atoms with Gasteiger partial charge in [-0.1, -0.05) is 0 Å². The first-order chi connectivity index (χ1) is 12.8. The maximum atomic E-state index is 12.3. The van der Waals surface area contributed by atoms with E-state index < -0.39 is 5.60 Å². The normalized spacial score (nSPS) is 26.3. The zero-order valence-electron chi connectivity index (χ0n) is 16.7. The fourth-order valence-electron chi connectivity index (χ4n) is 3.78. The molecule has 0 radical (unpaired) electrons. The molecule has 150 valence electrons. The van der Waals surface area contributed by atoms with Gasteiger partial charge in [0.25, 0.3) is 0 Å². The second-order valence-electron chi connectivity index (χ2n) is 8.41. The topological polar surface area (TPSA) is 77.0 Å². The summed E-state index contributed by atoms with van der Waals surface area (Å²) in [7, 11) is 1.72. The Morgan fingerprint density at radius 2 is 2.11 bits per heavy atom. The average Bonchev–Trinajstić information content (AvgIpc) is 2.61. The minimum Gasteiger partial charge on any atom is -0.444 e. The molecule has 8 heteroatoms. The van der Waals surface area contributed by atoms with Crippen molar-refractivity contribution in [3.05, 3.63) is 18.5 Å². The van der Waals surface area contributed by atoms with Gasteiger partial charge in [-0.25, -0.2) is 14.8 Å².